The molecule has 1 aliphatic rings. The summed E-state index contributed by atoms with van der Waals surface area (Å²) >= 11 is 0. The second-order valence-electron chi connectivity index (χ2n) is 4.77. The van der Waals surface area contributed by atoms with Crippen LogP contribution in [0.4, 0.5) is 0 Å². The molecule has 0 aliphatic heterocycles. The zero-order valence-corrected chi connectivity index (χ0v) is 10.2. The second kappa shape index (κ2) is 5.53. The summed E-state index contributed by atoms with van der Waals surface area (Å²) in [6.45, 7) is 6.98. The predicted molar refractivity (Wildman–Crippen MR) is 63.9 cm³/mol. The highest BCUT2D eigenvalue weighted by Gasteiger charge is 2.30. The van der Waals surface area contributed by atoms with Crippen LogP contribution in [0.25, 0.3) is 0 Å². The number of aliphatic imine (C=N–C) groups is 1. The minimum absolute atomic E-state index is 0.734. The van der Waals surface area contributed by atoms with Gasteiger partial charge in [0, 0.05) is 12.8 Å². The van der Waals surface area contributed by atoms with Crippen LogP contribution in [0, 0.1) is 17.8 Å². The Hall–Kier alpha value is -0.330. The Bertz CT molecular complexity index is 195. The summed E-state index contributed by atoms with van der Waals surface area (Å²) in [7, 11) is 1.96. The van der Waals surface area contributed by atoms with E-state index in [4.69, 9.17) is 0 Å². The highest BCUT2D eigenvalue weighted by Crippen LogP contribution is 2.36. The van der Waals surface area contributed by atoms with E-state index < -0.39 is 0 Å². The molecule has 14 heavy (non-hydrogen) atoms. The average Bonchev–Trinajstić information content (AvgIpc) is 2.20. The Morgan fingerprint density at radius 1 is 1.29 bits per heavy atom. The van der Waals surface area contributed by atoms with Crippen molar-refractivity contribution in [1.82, 2.24) is 0 Å². The number of hydrogen-bond donors (Lipinski definition) is 0. The highest BCUT2D eigenvalue weighted by molar-refractivity contribution is 5.87. The lowest BCUT2D eigenvalue weighted by atomic mass is 9.71. The number of nitrogens with zero attached hydrogens (tertiary/aromatic N) is 1. The maximum absolute atomic E-state index is 4.45. The van der Waals surface area contributed by atoms with Gasteiger partial charge in [-0.1, -0.05) is 40.0 Å². The number of rotatable bonds is 3. The Kier molecular flexibility index (Phi) is 4.64. The Morgan fingerprint density at radius 2 is 2.00 bits per heavy atom. The maximum Gasteiger partial charge on any atom is 0.0276 e. The van der Waals surface area contributed by atoms with Gasteiger partial charge in [-0.05, 0) is 30.6 Å². The van der Waals surface area contributed by atoms with Gasteiger partial charge in [-0.25, -0.2) is 0 Å². The van der Waals surface area contributed by atoms with E-state index in [0.717, 1.165) is 17.8 Å². The molecule has 1 aliphatic carbocycles. The lowest BCUT2D eigenvalue weighted by molar-refractivity contribution is 0.250. The summed E-state index contributed by atoms with van der Waals surface area (Å²) in [4.78, 5) is 4.45. The van der Waals surface area contributed by atoms with E-state index in [1.165, 1.54) is 37.8 Å². The fraction of sp³-hybridized carbons (Fsp3) is 0.923. The molecule has 1 nitrogen and oxygen atoms in total. The topological polar surface area (TPSA) is 12.4 Å². The molecule has 0 heterocycles. The van der Waals surface area contributed by atoms with Gasteiger partial charge in [0.05, 0.1) is 0 Å². The molecule has 2 unspecified atom stereocenters. The van der Waals surface area contributed by atoms with Gasteiger partial charge in [0.1, 0.15) is 0 Å². The van der Waals surface area contributed by atoms with Crippen LogP contribution >= 0.6 is 0 Å². The van der Waals surface area contributed by atoms with Gasteiger partial charge in [-0.15, -0.1) is 0 Å². The van der Waals surface area contributed by atoms with Crippen LogP contribution in [-0.2, 0) is 0 Å². The van der Waals surface area contributed by atoms with Crippen molar-refractivity contribution < 1.29 is 0 Å². The van der Waals surface area contributed by atoms with Gasteiger partial charge in [-0.2, -0.15) is 0 Å². The zero-order valence-electron chi connectivity index (χ0n) is 10.2. The molecule has 1 rings (SSSR count). The predicted octanol–water partition coefficient (Wildman–Crippen LogP) is 3.93. The molecule has 0 saturated heterocycles. The summed E-state index contributed by atoms with van der Waals surface area (Å²) < 4.78 is 0. The van der Waals surface area contributed by atoms with Crippen LogP contribution in [0.5, 0.6) is 0 Å². The first kappa shape index (κ1) is 11.7. The summed E-state index contributed by atoms with van der Waals surface area (Å²) in [5.41, 5.74) is 1.47. The van der Waals surface area contributed by atoms with E-state index in [-0.39, 0.29) is 0 Å². The molecule has 0 amide bonds. The highest BCUT2D eigenvalue weighted by atomic mass is 14.7. The molecule has 82 valence electrons. The minimum atomic E-state index is 0.734. The van der Waals surface area contributed by atoms with Gasteiger partial charge in [0.25, 0.3) is 0 Å². The Morgan fingerprint density at radius 3 is 2.50 bits per heavy atom. The van der Waals surface area contributed by atoms with Crippen molar-refractivity contribution in [1.29, 1.82) is 0 Å². The van der Waals surface area contributed by atoms with Crippen molar-refractivity contribution in [2.45, 2.75) is 52.9 Å². The lowest BCUT2D eigenvalue weighted by Gasteiger charge is -2.35. The quantitative estimate of drug-likeness (QED) is 0.647. The summed E-state index contributed by atoms with van der Waals surface area (Å²) in [5, 5.41) is 0. The van der Waals surface area contributed by atoms with Gasteiger partial charge in [0.2, 0.25) is 0 Å². The summed E-state index contributed by atoms with van der Waals surface area (Å²) in [6.07, 6.45) is 6.71. The molecule has 0 spiro atoms. The first-order valence-electron chi connectivity index (χ1n) is 6.18. The first-order valence-corrected chi connectivity index (χ1v) is 6.18. The van der Waals surface area contributed by atoms with Crippen LogP contribution < -0.4 is 0 Å². The van der Waals surface area contributed by atoms with E-state index >= 15 is 0 Å². The molecule has 1 fully saturated rings. The van der Waals surface area contributed by atoms with E-state index in [1.54, 1.807) is 0 Å². The molecule has 3 atom stereocenters. The Balaban J connectivity index is 2.63. The van der Waals surface area contributed by atoms with E-state index in [1.807, 2.05) is 7.05 Å². The van der Waals surface area contributed by atoms with Crippen molar-refractivity contribution in [2.24, 2.45) is 22.7 Å². The van der Waals surface area contributed by atoms with E-state index in [2.05, 4.69) is 25.8 Å². The molecule has 0 radical (unpaired) electrons. The SMILES string of the molecule is CCC[C@H]1C/C(=N\C)C(C)CC1CC. The molecular formula is C13H25N. The Labute approximate surface area is 89.0 Å². The molecular weight excluding hydrogens is 170 g/mol. The van der Waals surface area contributed by atoms with Crippen LogP contribution in [0.3, 0.4) is 0 Å². The lowest BCUT2D eigenvalue weighted by Crippen LogP contribution is -2.30. The minimum Gasteiger partial charge on any atom is -0.297 e. The van der Waals surface area contributed by atoms with Crippen molar-refractivity contribution in [3.63, 3.8) is 0 Å². The monoisotopic (exact) mass is 195 g/mol. The normalized spacial score (nSPS) is 36.3. The van der Waals surface area contributed by atoms with E-state index in [0.29, 0.717) is 0 Å². The second-order valence-corrected chi connectivity index (χ2v) is 4.77. The third kappa shape index (κ3) is 2.59. The fourth-order valence-electron chi connectivity index (χ4n) is 2.94. The van der Waals surface area contributed by atoms with Crippen LogP contribution in [-0.4, -0.2) is 12.8 Å². The number of hydrogen-bond acceptors (Lipinski definition) is 1. The average molecular weight is 195 g/mol. The largest absolute Gasteiger partial charge is 0.297 e. The third-order valence-electron chi connectivity index (χ3n) is 3.83. The molecule has 0 N–H and O–H groups in total. The van der Waals surface area contributed by atoms with Crippen LogP contribution in [0.2, 0.25) is 0 Å². The molecule has 0 aromatic heterocycles. The molecule has 1 saturated carbocycles. The first-order chi connectivity index (χ1) is 6.72. The van der Waals surface area contributed by atoms with Gasteiger partial charge in [-0.3, -0.25) is 4.99 Å². The molecule has 1 heteroatoms. The molecule has 0 aromatic carbocycles. The van der Waals surface area contributed by atoms with Crippen molar-refractivity contribution in [3.8, 4) is 0 Å². The van der Waals surface area contributed by atoms with Crippen molar-refractivity contribution >= 4 is 5.71 Å². The van der Waals surface area contributed by atoms with Crippen molar-refractivity contribution in [3.05, 3.63) is 0 Å². The standard InChI is InChI=1S/C13H25N/c1-5-7-12-9-13(14-4)10(3)8-11(12)6-2/h10-12H,5-9H2,1-4H3/b14-13+/t10?,11?,12-/m0/s1. The van der Waals surface area contributed by atoms with Gasteiger partial charge < -0.3 is 0 Å². The molecule has 0 aromatic rings. The van der Waals surface area contributed by atoms with Crippen LogP contribution in [0.1, 0.15) is 52.9 Å². The molecule has 0 bridgehead atoms. The van der Waals surface area contributed by atoms with Gasteiger partial charge >= 0.3 is 0 Å². The smallest absolute Gasteiger partial charge is 0.0276 e. The fourth-order valence-corrected chi connectivity index (χ4v) is 2.94. The maximum atomic E-state index is 4.45. The zero-order chi connectivity index (χ0) is 10.6. The van der Waals surface area contributed by atoms with E-state index in [9.17, 15) is 0 Å². The van der Waals surface area contributed by atoms with Crippen molar-refractivity contribution in [2.75, 3.05) is 7.05 Å². The summed E-state index contributed by atoms with van der Waals surface area (Å²) in [6, 6.07) is 0. The van der Waals surface area contributed by atoms with Gasteiger partial charge in [0.15, 0.2) is 0 Å². The van der Waals surface area contributed by atoms with Crippen LogP contribution in [0.15, 0.2) is 4.99 Å². The third-order valence-corrected chi connectivity index (χ3v) is 3.83. The summed E-state index contributed by atoms with van der Waals surface area (Å²) in [5.74, 6) is 2.61.